The van der Waals surface area contributed by atoms with Crippen LogP contribution in [0, 0.1) is 0 Å². The number of para-hydroxylation sites is 1. The highest BCUT2D eigenvalue weighted by Crippen LogP contribution is 2.30. The van der Waals surface area contributed by atoms with E-state index in [9.17, 15) is 4.79 Å². The van der Waals surface area contributed by atoms with E-state index in [0.29, 0.717) is 22.9 Å². The van der Waals surface area contributed by atoms with E-state index in [1.165, 1.54) is 13.2 Å². The lowest BCUT2D eigenvalue weighted by Gasteiger charge is -2.09. The molecule has 0 bridgehead atoms. The fourth-order valence-corrected chi connectivity index (χ4v) is 1.92. The van der Waals surface area contributed by atoms with Gasteiger partial charge < -0.3 is 9.47 Å². The average Bonchev–Trinajstić information content (AvgIpc) is 2.39. The standard InChI is InChI=1S/C13H12ClNO3/c1-3-18-11-6-4-5-8-9(14)7-10(13(16)17-2)15-12(8)11/h4-7H,3H2,1-2H3. The Morgan fingerprint density at radius 3 is 2.89 bits per heavy atom. The summed E-state index contributed by atoms with van der Waals surface area (Å²) in [5, 5.41) is 1.19. The first-order valence-corrected chi connectivity index (χ1v) is 5.85. The number of halogens is 1. The Balaban J connectivity index is 2.67. The second kappa shape index (κ2) is 5.23. The summed E-state index contributed by atoms with van der Waals surface area (Å²) in [5.74, 6) is 0.0766. The first-order chi connectivity index (χ1) is 8.67. The first kappa shape index (κ1) is 12.6. The van der Waals surface area contributed by atoms with E-state index < -0.39 is 5.97 Å². The predicted octanol–water partition coefficient (Wildman–Crippen LogP) is 3.07. The summed E-state index contributed by atoms with van der Waals surface area (Å²) >= 11 is 6.13. The number of hydrogen-bond donors (Lipinski definition) is 0. The number of ether oxygens (including phenoxy) is 2. The Bertz CT molecular complexity index is 598. The maximum Gasteiger partial charge on any atom is 0.356 e. The number of pyridine rings is 1. The third-order valence-electron chi connectivity index (χ3n) is 2.45. The SMILES string of the molecule is CCOc1cccc2c(Cl)cc(C(=O)OC)nc12. The Morgan fingerprint density at radius 1 is 1.44 bits per heavy atom. The summed E-state index contributed by atoms with van der Waals surface area (Å²) in [6.45, 7) is 2.39. The van der Waals surface area contributed by atoms with E-state index in [0.717, 1.165) is 5.39 Å². The molecule has 0 N–H and O–H groups in total. The number of hydrogen-bond acceptors (Lipinski definition) is 4. The quantitative estimate of drug-likeness (QED) is 0.800. The van der Waals surface area contributed by atoms with Crippen LogP contribution in [0.1, 0.15) is 17.4 Å². The van der Waals surface area contributed by atoms with Crippen molar-refractivity contribution in [2.75, 3.05) is 13.7 Å². The van der Waals surface area contributed by atoms with Crippen LogP contribution in [0.2, 0.25) is 5.02 Å². The molecule has 0 saturated carbocycles. The van der Waals surface area contributed by atoms with Gasteiger partial charge in [0.15, 0.2) is 5.69 Å². The third kappa shape index (κ3) is 2.24. The third-order valence-corrected chi connectivity index (χ3v) is 2.76. The molecule has 0 saturated heterocycles. The fourth-order valence-electron chi connectivity index (χ4n) is 1.66. The van der Waals surface area contributed by atoms with Crippen LogP contribution in [-0.4, -0.2) is 24.7 Å². The molecule has 0 aliphatic rings. The monoisotopic (exact) mass is 265 g/mol. The summed E-state index contributed by atoms with van der Waals surface area (Å²) in [7, 11) is 1.30. The summed E-state index contributed by atoms with van der Waals surface area (Å²) in [6.07, 6.45) is 0. The molecule has 1 aromatic heterocycles. The second-order valence-electron chi connectivity index (χ2n) is 3.57. The maximum atomic E-state index is 11.5. The molecule has 0 radical (unpaired) electrons. The number of carbonyl (C=O) groups excluding carboxylic acids is 1. The number of rotatable bonds is 3. The van der Waals surface area contributed by atoms with Crippen molar-refractivity contribution in [1.29, 1.82) is 0 Å². The molecule has 2 aromatic rings. The Morgan fingerprint density at radius 2 is 2.22 bits per heavy atom. The lowest BCUT2D eigenvalue weighted by Crippen LogP contribution is -2.05. The van der Waals surface area contributed by atoms with E-state index in [1.807, 2.05) is 19.1 Å². The first-order valence-electron chi connectivity index (χ1n) is 5.47. The van der Waals surface area contributed by atoms with Crippen LogP contribution in [0.5, 0.6) is 5.75 Å². The highest BCUT2D eigenvalue weighted by atomic mass is 35.5. The molecule has 0 fully saturated rings. The van der Waals surface area contributed by atoms with Gasteiger partial charge in [0.05, 0.1) is 18.7 Å². The van der Waals surface area contributed by atoms with Gasteiger partial charge in [-0.1, -0.05) is 23.7 Å². The highest BCUT2D eigenvalue weighted by molar-refractivity contribution is 6.35. The van der Waals surface area contributed by atoms with Crippen molar-refractivity contribution >= 4 is 28.5 Å². The molecule has 4 nitrogen and oxygen atoms in total. The molecule has 0 aliphatic carbocycles. The van der Waals surface area contributed by atoms with Gasteiger partial charge >= 0.3 is 5.97 Å². The van der Waals surface area contributed by atoms with Crippen molar-refractivity contribution in [1.82, 2.24) is 4.98 Å². The minimum Gasteiger partial charge on any atom is -0.492 e. The summed E-state index contributed by atoms with van der Waals surface area (Å²) in [5.41, 5.74) is 0.731. The van der Waals surface area contributed by atoms with Crippen LogP contribution in [0.4, 0.5) is 0 Å². The van der Waals surface area contributed by atoms with Gasteiger partial charge in [0.2, 0.25) is 0 Å². The van der Waals surface area contributed by atoms with Crippen molar-refractivity contribution in [2.45, 2.75) is 6.92 Å². The number of benzene rings is 1. The van der Waals surface area contributed by atoms with Gasteiger partial charge in [-0.25, -0.2) is 9.78 Å². The molecule has 0 amide bonds. The number of esters is 1. The van der Waals surface area contributed by atoms with Gasteiger partial charge in [-0.05, 0) is 19.1 Å². The number of aromatic nitrogens is 1. The molecule has 1 heterocycles. The van der Waals surface area contributed by atoms with Crippen molar-refractivity contribution in [3.05, 3.63) is 35.0 Å². The molecule has 0 atom stereocenters. The van der Waals surface area contributed by atoms with Crippen LogP contribution in [0.3, 0.4) is 0 Å². The smallest absolute Gasteiger partial charge is 0.356 e. The van der Waals surface area contributed by atoms with E-state index in [2.05, 4.69) is 9.72 Å². The Kier molecular flexibility index (Phi) is 3.67. The Hall–Kier alpha value is -1.81. The van der Waals surface area contributed by atoms with Gasteiger partial charge in [0.25, 0.3) is 0 Å². The molecule has 1 aromatic carbocycles. The lowest BCUT2D eigenvalue weighted by atomic mass is 10.2. The van der Waals surface area contributed by atoms with Crippen molar-refractivity contribution < 1.29 is 14.3 Å². The predicted molar refractivity (Wildman–Crippen MR) is 69.3 cm³/mol. The van der Waals surface area contributed by atoms with Crippen LogP contribution in [0.25, 0.3) is 10.9 Å². The molecular formula is C13H12ClNO3. The molecule has 0 aliphatic heterocycles. The van der Waals surface area contributed by atoms with Gasteiger partial charge in [-0.15, -0.1) is 0 Å². The van der Waals surface area contributed by atoms with Gasteiger partial charge in [0, 0.05) is 5.39 Å². The van der Waals surface area contributed by atoms with Crippen LogP contribution >= 0.6 is 11.6 Å². The van der Waals surface area contributed by atoms with Crippen molar-refractivity contribution in [3.8, 4) is 5.75 Å². The van der Waals surface area contributed by atoms with E-state index in [4.69, 9.17) is 16.3 Å². The number of methoxy groups -OCH3 is 1. The van der Waals surface area contributed by atoms with E-state index >= 15 is 0 Å². The zero-order chi connectivity index (χ0) is 13.1. The van der Waals surface area contributed by atoms with Gasteiger partial charge in [0.1, 0.15) is 11.3 Å². The maximum absolute atomic E-state index is 11.5. The number of fused-ring (bicyclic) bond motifs is 1. The molecule has 0 unspecified atom stereocenters. The van der Waals surface area contributed by atoms with Crippen LogP contribution in [0.15, 0.2) is 24.3 Å². The van der Waals surface area contributed by atoms with Crippen molar-refractivity contribution in [2.24, 2.45) is 0 Å². The van der Waals surface area contributed by atoms with Gasteiger partial charge in [-0.2, -0.15) is 0 Å². The highest BCUT2D eigenvalue weighted by Gasteiger charge is 2.13. The number of nitrogens with zero attached hydrogens (tertiary/aromatic N) is 1. The molecule has 2 rings (SSSR count). The second-order valence-corrected chi connectivity index (χ2v) is 3.97. The molecule has 5 heteroatoms. The molecule has 0 spiro atoms. The molecular weight excluding hydrogens is 254 g/mol. The minimum atomic E-state index is -0.523. The minimum absolute atomic E-state index is 0.169. The van der Waals surface area contributed by atoms with E-state index in [-0.39, 0.29) is 5.69 Å². The van der Waals surface area contributed by atoms with Crippen LogP contribution in [-0.2, 0) is 4.74 Å². The Labute approximate surface area is 109 Å². The molecule has 18 heavy (non-hydrogen) atoms. The summed E-state index contributed by atoms with van der Waals surface area (Å²) in [4.78, 5) is 15.7. The average molecular weight is 266 g/mol. The zero-order valence-corrected chi connectivity index (χ0v) is 10.8. The number of carbonyl (C=O) groups is 1. The zero-order valence-electron chi connectivity index (χ0n) is 10.1. The topological polar surface area (TPSA) is 48.4 Å². The van der Waals surface area contributed by atoms with Gasteiger partial charge in [-0.3, -0.25) is 0 Å². The summed E-state index contributed by atoms with van der Waals surface area (Å²) < 4.78 is 10.1. The summed E-state index contributed by atoms with van der Waals surface area (Å²) in [6, 6.07) is 6.94. The van der Waals surface area contributed by atoms with E-state index in [1.54, 1.807) is 6.07 Å². The fraction of sp³-hybridized carbons (Fsp3) is 0.231. The molecule has 94 valence electrons. The largest absolute Gasteiger partial charge is 0.492 e. The normalized spacial score (nSPS) is 10.4. The van der Waals surface area contributed by atoms with Crippen molar-refractivity contribution in [3.63, 3.8) is 0 Å². The lowest BCUT2D eigenvalue weighted by molar-refractivity contribution is 0.0594. The van der Waals surface area contributed by atoms with Crippen LogP contribution < -0.4 is 4.74 Å².